The number of nitro groups is 1. The van der Waals surface area contributed by atoms with E-state index in [1.54, 1.807) is 24.1 Å². The van der Waals surface area contributed by atoms with E-state index < -0.39 is 46.4 Å². The molecule has 2 amide bonds. The van der Waals surface area contributed by atoms with Crippen molar-refractivity contribution in [2.45, 2.75) is 19.0 Å². The normalized spacial score (nSPS) is 24.4. The number of hydrogen-bond acceptors (Lipinski definition) is 7. The number of hydrogen-bond donors (Lipinski definition) is 0. The summed E-state index contributed by atoms with van der Waals surface area (Å²) in [6.07, 6.45) is 5.02. The molecule has 4 heterocycles. The van der Waals surface area contributed by atoms with E-state index in [9.17, 15) is 24.5 Å². The highest BCUT2D eigenvalue weighted by Gasteiger charge is 2.65. The minimum Gasteiger partial charge on any atom is -0.461 e. The van der Waals surface area contributed by atoms with Crippen LogP contribution in [0.15, 0.2) is 71.5 Å². The van der Waals surface area contributed by atoms with Crippen LogP contribution in [0.4, 0.5) is 11.4 Å². The van der Waals surface area contributed by atoms with E-state index in [1.807, 2.05) is 30.3 Å². The number of ketones is 1. The van der Waals surface area contributed by atoms with E-state index in [-0.39, 0.29) is 17.1 Å². The Hall–Kier alpha value is -4.53. The molecule has 4 atom stereocenters. The predicted molar refractivity (Wildman–Crippen MR) is 124 cm³/mol. The molecular weight excluding hydrogens is 450 g/mol. The molecule has 6 rings (SSSR count). The maximum Gasteiger partial charge on any atom is 0.271 e. The highest BCUT2D eigenvalue weighted by atomic mass is 16.6. The summed E-state index contributed by atoms with van der Waals surface area (Å²) in [5.74, 6) is -3.12. The van der Waals surface area contributed by atoms with Crippen LogP contribution in [0.5, 0.6) is 0 Å². The molecule has 0 saturated carbocycles. The predicted octanol–water partition coefficient (Wildman–Crippen LogP) is 3.89. The van der Waals surface area contributed by atoms with Crippen LogP contribution in [0, 0.1) is 28.9 Å². The molecule has 0 spiro atoms. The summed E-state index contributed by atoms with van der Waals surface area (Å²) in [7, 11) is 0. The Kier molecular flexibility index (Phi) is 4.50. The molecule has 3 aromatic rings. The monoisotopic (exact) mass is 469 g/mol. The molecule has 3 aliphatic heterocycles. The highest BCUT2D eigenvalue weighted by Crippen LogP contribution is 2.54. The van der Waals surface area contributed by atoms with Gasteiger partial charge in [-0.3, -0.25) is 24.5 Å². The number of carbonyl (C=O) groups is 3. The Morgan fingerprint density at radius 1 is 1.03 bits per heavy atom. The number of fused-ring (bicyclic) bond motifs is 5. The third-order valence-corrected chi connectivity index (χ3v) is 7.14. The molecule has 9 heteroatoms. The molecule has 0 unspecified atom stereocenters. The molecule has 2 saturated heterocycles. The van der Waals surface area contributed by atoms with Gasteiger partial charge in [0.2, 0.25) is 17.6 Å². The number of nitro benzene ring substituents is 1. The zero-order valence-corrected chi connectivity index (χ0v) is 18.5. The van der Waals surface area contributed by atoms with Crippen molar-refractivity contribution < 1.29 is 23.7 Å². The van der Waals surface area contributed by atoms with E-state index in [0.29, 0.717) is 5.56 Å². The number of benzene rings is 2. The van der Waals surface area contributed by atoms with Crippen LogP contribution in [0.3, 0.4) is 0 Å². The fourth-order valence-electron chi connectivity index (χ4n) is 5.61. The molecule has 35 heavy (non-hydrogen) atoms. The Morgan fingerprint density at radius 3 is 2.54 bits per heavy atom. The average Bonchev–Trinajstić information content (AvgIpc) is 3.56. The molecule has 0 radical (unpaired) electrons. The van der Waals surface area contributed by atoms with Gasteiger partial charge in [0.1, 0.15) is 6.04 Å². The first-order valence-electron chi connectivity index (χ1n) is 11.1. The van der Waals surface area contributed by atoms with Gasteiger partial charge >= 0.3 is 0 Å². The van der Waals surface area contributed by atoms with Gasteiger partial charge < -0.3 is 9.32 Å². The third kappa shape index (κ3) is 2.91. The van der Waals surface area contributed by atoms with Crippen molar-refractivity contribution in [3.63, 3.8) is 0 Å². The Labute approximate surface area is 199 Å². The van der Waals surface area contributed by atoms with Crippen LogP contribution in [0.25, 0.3) is 6.08 Å². The summed E-state index contributed by atoms with van der Waals surface area (Å²) < 4.78 is 5.36. The second-order valence-electron chi connectivity index (χ2n) is 8.91. The molecule has 2 fully saturated rings. The van der Waals surface area contributed by atoms with Crippen LogP contribution < -0.4 is 4.90 Å². The summed E-state index contributed by atoms with van der Waals surface area (Å²) in [4.78, 5) is 55.0. The number of furan rings is 1. The molecule has 2 aromatic carbocycles. The summed E-state index contributed by atoms with van der Waals surface area (Å²) in [5, 5.41) is 11.4. The first-order valence-corrected chi connectivity index (χ1v) is 11.1. The second-order valence-corrected chi connectivity index (χ2v) is 8.91. The number of anilines is 1. The quantitative estimate of drug-likeness (QED) is 0.246. The topological polar surface area (TPSA) is 114 Å². The molecular formula is C26H19N3O6. The number of aryl methyl sites for hydroxylation is 1. The van der Waals surface area contributed by atoms with Crippen LogP contribution in [-0.4, -0.2) is 33.5 Å². The SMILES string of the molecule is Cc1ccc([N+](=O)[O-])cc1N1C(=O)[C@@H]2[C@H](C1=O)[C@H]1c3ccccc3C=CN1[C@H]2C(=O)c1ccco1. The lowest BCUT2D eigenvalue weighted by atomic mass is 9.84. The molecule has 0 bridgehead atoms. The van der Waals surface area contributed by atoms with Crippen molar-refractivity contribution in [3.8, 4) is 0 Å². The summed E-state index contributed by atoms with van der Waals surface area (Å²) in [5.41, 5.74) is 2.24. The van der Waals surface area contributed by atoms with Crippen molar-refractivity contribution in [1.29, 1.82) is 0 Å². The third-order valence-electron chi connectivity index (χ3n) is 7.14. The Morgan fingerprint density at radius 2 is 1.80 bits per heavy atom. The second kappa shape index (κ2) is 7.49. The van der Waals surface area contributed by atoms with Crippen molar-refractivity contribution in [2.75, 3.05) is 4.90 Å². The standard InChI is InChI=1S/C26H19N3O6/c1-14-8-9-16(29(33)34)13-18(14)28-25(31)20-21(26(28)32)23(24(30)19-7-4-12-35-19)27-11-10-15-5-2-3-6-17(15)22(20)27/h2-13,20-23H,1H3/t20-,21+,22+,23+/m0/s1. The van der Waals surface area contributed by atoms with Gasteiger partial charge in [-0.05, 0) is 41.8 Å². The van der Waals surface area contributed by atoms with Gasteiger partial charge in [-0.15, -0.1) is 0 Å². The van der Waals surface area contributed by atoms with E-state index in [4.69, 9.17) is 4.42 Å². The lowest BCUT2D eigenvalue weighted by molar-refractivity contribution is -0.384. The van der Waals surface area contributed by atoms with Gasteiger partial charge in [-0.1, -0.05) is 30.3 Å². The maximum atomic E-state index is 13.9. The van der Waals surface area contributed by atoms with Crippen molar-refractivity contribution >= 4 is 35.0 Å². The van der Waals surface area contributed by atoms with Gasteiger partial charge in [0.15, 0.2) is 5.76 Å². The Bertz CT molecular complexity index is 1440. The van der Waals surface area contributed by atoms with Crippen LogP contribution in [-0.2, 0) is 9.59 Å². The number of nitrogens with zero attached hydrogens (tertiary/aromatic N) is 3. The maximum absolute atomic E-state index is 13.9. The molecule has 1 aromatic heterocycles. The van der Waals surface area contributed by atoms with Gasteiger partial charge in [-0.2, -0.15) is 0 Å². The Balaban J connectivity index is 1.51. The fourth-order valence-corrected chi connectivity index (χ4v) is 5.61. The molecule has 0 aliphatic carbocycles. The van der Waals surface area contributed by atoms with Crippen molar-refractivity contribution in [2.24, 2.45) is 11.8 Å². The highest BCUT2D eigenvalue weighted by molar-refractivity contribution is 6.25. The molecule has 0 N–H and O–H groups in total. The van der Waals surface area contributed by atoms with E-state index in [2.05, 4.69) is 0 Å². The summed E-state index contributed by atoms with van der Waals surface area (Å²) in [6.45, 7) is 1.68. The van der Waals surface area contributed by atoms with Crippen LogP contribution >= 0.6 is 0 Å². The number of imide groups is 1. The average molecular weight is 469 g/mol. The molecule has 3 aliphatic rings. The van der Waals surface area contributed by atoms with Crippen molar-refractivity contribution in [3.05, 3.63) is 99.6 Å². The minimum atomic E-state index is -0.973. The van der Waals surface area contributed by atoms with E-state index in [0.717, 1.165) is 16.0 Å². The lowest BCUT2D eigenvalue weighted by Gasteiger charge is -2.35. The zero-order valence-electron chi connectivity index (χ0n) is 18.5. The summed E-state index contributed by atoms with van der Waals surface area (Å²) in [6, 6.07) is 13.3. The van der Waals surface area contributed by atoms with Crippen LogP contribution in [0.2, 0.25) is 0 Å². The van der Waals surface area contributed by atoms with Gasteiger partial charge in [0, 0.05) is 18.3 Å². The number of non-ortho nitro benzene ring substituents is 1. The van der Waals surface area contributed by atoms with Crippen molar-refractivity contribution in [1.82, 2.24) is 4.90 Å². The molecule has 9 nitrogen and oxygen atoms in total. The van der Waals surface area contributed by atoms with Crippen LogP contribution in [0.1, 0.15) is 33.3 Å². The fraction of sp³-hybridized carbons (Fsp3) is 0.192. The first kappa shape index (κ1) is 21.0. The van der Waals surface area contributed by atoms with E-state index >= 15 is 0 Å². The smallest absolute Gasteiger partial charge is 0.271 e. The number of carbonyl (C=O) groups excluding carboxylic acids is 3. The van der Waals surface area contributed by atoms with Gasteiger partial charge in [0.05, 0.1) is 34.8 Å². The van der Waals surface area contributed by atoms with Gasteiger partial charge in [-0.25, -0.2) is 4.90 Å². The number of Topliss-reactive ketones (excluding diaryl/α,β-unsaturated/α-hetero) is 1. The summed E-state index contributed by atoms with van der Waals surface area (Å²) >= 11 is 0. The number of rotatable bonds is 4. The lowest BCUT2D eigenvalue weighted by Crippen LogP contribution is -2.44. The first-order chi connectivity index (χ1) is 16.9. The van der Waals surface area contributed by atoms with E-state index in [1.165, 1.54) is 30.5 Å². The largest absolute Gasteiger partial charge is 0.461 e. The molecule has 174 valence electrons. The minimum absolute atomic E-state index is 0.104. The van der Waals surface area contributed by atoms with Gasteiger partial charge in [0.25, 0.3) is 5.69 Å². The zero-order chi connectivity index (χ0) is 24.4. The number of amides is 2.